The van der Waals surface area contributed by atoms with E-state index in [0.29, 0.717) is 23.6 Å². The summed E-state index contributed by atoms with van der Waals surface area (Å²) in [7, 11) is 1.75. The molecular formula is C25H27FN4O. The molecule has 1 N–H and O–H groups in total. The van der Waals surface area contributed by atoms with Crippen LogP contribution in [0.2, 0.25) is 0 Å². The zero-order chi connectivity index (χ0) is 22.4. The van der Waals surface area contributed by atoms with Crippen molar-refractivity contribution in [2.75, 3.05) is 18.9 Å². The molecular weight excluding hydrogens is 391 g/mol. The van der Waals surface area contributed by atoms with Gasteiger partial charge in [0.25, 0.3) is 0 Å². The molecule has 0 unspecified atom stereocenters. The molecule has 0 radical (unpaired) electrons. The lowest BCUT2D eigenvalue weighted by Gasteiger charge is -2.16. The first kappa shape index (κ1) is 22.2. The van der Waals surface area contributed by atoms with Gasteiger partial charge in [0.15, 0.2) is 0 Å². The number of benzene rings is 2. The molecule has 6 heteroatoms. The molecule has 0 aliphatic heterocycles. The zero-order valence-corrected chi connectivity index (χ0v) is 18.3. The molecule has 3 aromatic rings. The van der Waals surface area contributed by atoms with Crippen LogP contribution in [0.25, 0.3) is 22.0 Å². The van der Waals surface area contributed by atoms with Gasteiger partial charge in [0.1, 0.15) is 29.2 Å². The largest absolute Gasteiger partial charge is 0.489 e. The van der Waals surface area contributed by atoms with Gasteiger partial charge in [-0.2, -0.15) is 0 Å². The summed E-state index contributed by atoms with van der Waals surface area (Å²) in [5.74, 6) is 1.06. The summed E-state index contributed by atoms with van der Waals surface area (Å²) in [5.41, 5.74) is 4.31. The monoisotopic (exact) mass is 418 g/mol. The number of halogens is 1. The van der Waals surface area contributed by atoms with Crippen molar-refractivity contribution < 1.29 is 9.13 Å². The van der Waals surface area contributed by atoms with Crippen LogP contribution in [-0.4, -0.2) is 35.4 Å². The standard InChI is InChI=1S/C25H27FN4O/c1-16(2)31-23-13-20(19-8-10-21(26)11-9-19)12-22-24(23)29-15-30-25(22)28-14-17(3)6-7-18(4)27-5/h6-13,15-16H,3,14H2,1-2,4-5H3,(H,28,29,30)/b7-6-,27-18?. The summed E-state index contributed by atoms with van der Waals surface area (Å²) >= 11 is 0. The first-order valence-electron chi connectivity index (χ1n) is 10.1. The predicted molar refractivity (Wildman–Crippen MR) is 126 cm³/mol. The average molecular weight is 419 g/mol. The minimum Gasteiger partial charge on any atom is -0.489 e. The molecule has 0 aliphatic rings. The quantitative estimate of drug-likeness (QED) is 0.369. The lowest BCUT2D eigenvalue weighted by molar-refractivity contribution is 0.245. The van der Waals surface area contributed by atoms with E-state index < -0.39 is 0 Å². The van der Waals surface area contributed by atoms with Gasteiger partial charge in [0.2, 0.25) is 0 Å². The Morgan fingerprint density at radius 2 is 1.90 bits per heavy atom. The molecule has 0 saturated carbocycles. The van der Waals surface area contributed by atoms with E-state index in [2.05, 4.69) is 26.9 Å². The lowest BCUT2D eigenvalue weighted by Crippen LogP contribution is -2.08. The summed E-state index contributed by atoms with van der Waals surface area (Å²) in [6.45, 7) is 10.5. The fraction of sp³-hybridized carbons (Fsp3) is 0.240. The smallest absolute Gasteiger partial charge is 0.146 e. The van der Waals surface area contributed by atoms with Crippen LogP contribution in [0.4, 0.5) is 10.2 Å². The van der Waals surface area contributed by atoms with Crippen molar-refractivity contribution in [2.24, 2.45) is 4.99 Å². The number of nitrogens with zero attached hydrogens (tertiary/aromatic N) is 3. The maximum absolute atomic E-state index is 13.4. The van der Waals surface area contributed by atoms with Crippen LogP contribution < -0.4 is 10.1 Å². The third-order valence-corrected chi connectivity index (χ3v) is 4.64. The third-order valence-electron chi connectivity index (χ3n) is 4.64. The van der Waals surface area contributed by atoms with Gasteiger partial charge in [0, 0.05) is 24.7 Å². The molecule has 0 bridgehead atoms. The number of anilines is 1. The average Bonchev–Trinajstić information content (AvgIpc) is 2.76. The number of nitrogens with one attached hydrogen (secondary N) is 1. The normalized spacial score (nSPS) is 12.0. The van der Waals surface area contributed by atoms with E-state index in [1.807, 2.05) is 45.1 Å². The highest BCUT2D eigenvalue weighted by atomic mass is 19.1. The molecule has 0 fully saturated rings. The molecule has 1 aromatic heterocycles. The second-order valence-corrected chi connectivity index (χ2v) is 7.48. The van der Waals surface area contributed by atoms with Crippen molar-refractivity contribution >= 4 is 22.4 Å². The highest BCUT2D eigenvalue weighted by Crippen LogP contribution is 2.34. The molecule has 31 heavy (non-hydrogen) atoms. The van der Waals surface area contributed by atoms with Gasteiger partial charge in [-0.3, -0.25) is 4.99 Å². The first-order valence-corrected chi connectivity index (χ1v) is 10.1. The molecule has 0 atom stereocenters. The SMILES string of the molecule is C=C(/C=C\C(C)=NC)CNc1ncnc2c(OC(C)C)cc(-c3ccc(F)cc3)cc12. The molecule has 0 saturated heterocycles. The number of ether oxygens (including phenoxy) is 1. The molecule has 5 nitrogen and oxygen atoms in total. The summed E-state index contributed by atoms with van der Waals surface area (Å²) in [4.78, 5) is 13.0. The fourth-order valence-electron chi connectivity index (χ4n) is 3.00. The maximum atomic E-state index is 13.4. The second-order valence-electron chi connectivity index (χ2n) is 7.48. The molecule has 160 valence electrons. The van der Waals surface area contributed by atoms with Crippen molar-refractivity contribution in [3.8, 4) is 16.9 Å². The Hall–Kier alpha value is -3.54. The minimum atomic E-state index is -0.274. The molecule has 2 aromatic carbocycles. The van der Waals surface area contributed by atoms with Gasteiger partial charge in [0.05, 0.1) is 6.10 Å². The van der Waals surface area contributed by atoms with Crippen molar-refractivity contribution in [1.29, 1.82) is 0 Å². The van der Waals surface area contributed by atoms with Gasteiger partial charge >= 0.3 is 0 Å². The van der Waals surface area contributed by atoms with Crippen molar-refractivity contribution in [3.63, 3.8) is 0 Å². The fourth-order valence-corrected chi connectivity index (χ4v) is 3.00. The van der Waals surface area contributed by atoms with E-state index in [1.165, 1.54) is 18.5 Å². The molecule has 1 heterocycles. The number of hydrogen-bond acceptors (Lipinski definition) is 5. The van der Waals surface area contributed by atoms with Crippen LogP contribution in [-0.2, 0) is 0 Å². The minimum absolute atomic E-state index is 0.0218. The van der Waals surface area contributed by atoms with Gasteiger partial charge in [-0.05, 0) is 67.8 Å². The van der Waals surface area contributed by atoms with E-state index in [1.54, 1.807) is 19.2 Å². The van der Waals surface area contributed by atoms with Crippen LogP contribution in [0, 0.1) is 5.82 Å². The van der Waals surface area contributed by atoms with Gasteiger partial charge in [-0.15, -0.1) is 0 Å². The van der Waals surface area contributed by atoms with Crippen LogP contribution in [0.15, 0.2) is 72.0 Å². The van der Waals surface area contributed by atoms with E-state index in [0.717, 1.165) is 27.8 Å². The molecule has 0 aliphatic carbocycles. The van der Waals surface area contributed by atoms with E-state index >= 15 is 0 Å². The van der Waals surface area contributed by atoms with Crippen molar-refractivity contribution in [3.05, 3.63) is 72.8 Å². The van der Waals surface area contributed by atoms with Gasteiger partial charge in [-0.25, -0.2) is 14.4 Å². The van der Waals surface area contributed by atoms with E-state index in [9.17, 15) is 4.39 Å². The molecule has 0 spiro atoms. The Bertz CT molecular complexity index is 1130. The topological polar surface area (TPSA) is 59.4 Å². The number of hydrogen-bond donors (Lipinski definition) is 1. The van der Waals surface area contributed by atoms with Gasteiger partial charge < -0.3 is 10.1 Å². The highest BCUT2D eigenvalue weighted by Gasteiger charge is 2.13. The number of aromatic nitrogens is 2. The van der Waals surface area contributed by atoms with E-state index in [4.69, 9.17) is 4.74 Å². The van der Waals surface area contributed by atoms with Crippen molar-refractivity contribution in [2.45, 2.75) is 26.9 Å². The maximum Gasteiger partial charge on any atom is 0.146 e. The second kappa shape index (κ2) is 9.98. The van der Waals surface area contributed by atoms with Crippen LogP contribution >= 0.6 is 0 Å². The van der Waals surface area contributed by atoms with Crippen molar-refractivity contribution in [1.82, 2.24) is 9.97 Å². The summed E-state index contributed by atoms with van der Waals surface area (Å²) in [6, 6.07) is 10.3. The molecule has 0 amide bonds. The number of aliphatic imine (C=N–C) groups is 1. The Kier molecular flexibility index (Phi) is 7.13. The Balaban J connectivity index is 2.00. The van der Waals surface area contributed by atoms with Gasteiger partial charge in [-0.1, -0.05) is 24.8 Å². The number of allylic oxidation sites excluding steroid dienone is 1. The Labute approximate surface area is 182 Å². The highest BCUT2D eigenvalue weighted by molar-refractivity contribution is 5.96. The lowest BCUT2D eigenvalue weighted by atomic mass is 10.0. The molecule has 3 rings (SSSR count). The Morgan fingerprint density at radius 1 is 1.16 bits per heavy atom. The third kappa shape index (κ3) is 5.75. The van der Waals surface area contributed by atoms with Crippen LogP contribution in [0.3, 0.4) is 0 Å². The predicted octanol–water partition coefficient (Wildman–Crippen LogP) is 5.84. The summed E-state index contributed by atoms with van der Waals surface area (Å²) in [5, 5.41) is 4.16. The summed E-state index contributed by atoms with van der Waals surface area (Å²) < 4.78 is 19.4. The summed E-state index contributed by atoms with van der Waals surface area (Å²) in [6.07, 6.45) is 5.34. The van der Waals surface area contributed by atoms with Crippen LogP contribution in [0.1, 0.15) is 20.8 Å². The van der Waals surface area contributed by atoms with E-state index in [-0.39, 0.29) is 11.9 Å². The zero-order valence-electron chi connectivity index (χ0n) is 18.3. The number of fused-ring (bicyclic) bond motifs is 1. The first-order chi connectivity index (χ1) is 14.9. The Morgan fingerprint density at radius 3 is 2.58 bits per heavy atom. The van der Waals surface area contributed by atoms with Crippen LogP contribution in [0.5, 0.6) is 5.75 Å². The number of rotatable bonds is 8.